The highest BCUT2D eigenvalue weighted by Gasteiger charge is 2.37. The minimum absolute atomic E-state index is 0.249. The van der Waals surface area contributed by atoms with E-state index in [1.165, 1.54) is 11.1 Å². The Balaban J connectivity index is 2.21. The molecular formula is C15H22BrNOSi. The van der Waals surface area contributed by atoms with Crippen molar-refractivity contribution >= 4 is 29.8 Å². The SMILES string of the molecule is CC(C)(C)[Si](C)(C)OCc1cc2ccccn2c1Br. The Kier molecular flexibility index (Phi) is 3.96. The van der Waals surface area contributed by atoms with Gasteiger partial charge in [-0.15, -0.1) is 0 Å². The second kappa shape index (κ2) is 5.07. The molecule has 0 atom stereocenters. The molecule has 0 N–H and O–H groups in total. The lowest BCUT2D eigenvalue weighted by atomic mass is 10.2. The summed E-state index contributed by atoms with van der Waals surface area (Å²) in [5.41, 5.74) is 2.42. The molecule has 0 saturated heterocycles. The summed E-state index contributed by atoms with van der Waals surface area (Å²) in [6.45, 7) is 12.1. The first-order valence-corrected chi connectivity index (χ1v) is 10.3. The third-order valence-electron chi connectivity index (χ3n) is 4.08. The summed E-state index contributed by atoms with van der Waals surface area (Å²) < 4.78 is 9.53. The van der Waals surface area contributed by atoms with Gasteiger partial charge in [0.2, 0.25) is 0 Å². The molecule has 0 fully saturated rings. The highest BCUT2D eigenvalue weighted by atomic mass is 79.9. The number of hydrogen-bond donors (Lipinski definition) is 0. The van der Waals surface area contributed by atoms with Crippen molar-refractivity contribution in [2.75, 3.05) is 0 Å². The average Bonchev–Trinajstić information content (AvgIpc) is 2.63. The van der Waals surface area contributed by atoms with E-state index < -0.39 is 8.32 Å². The molecule has 0 unspecified atom stereocenters. The maximum absolute atomic E-state index is 6.29. The van der Waals surface area contributed by atoms with E-state index in [4.69, 9.17) is 4.43 Å². The van der Waals surface area contributed by atoms with E-state index in [0.29, 0.717) is 6.61 Å². The molecule has 0 radical (unpaired) electrons. The number of pyridine rings is 1. The van der Waals surface area contributed by atoms with E-state index in [1.54, 1.807) is 0 Å². The molecule has 2 nitrogen and oxygen atoms in total. The summed E-state index contributed by atoms with van der Waals surface area (Å²) >= 11 is 3.67. The molecule has 2 heterocycles. The molecule has 0 aliphatic rings. The zero-order valence-electron chi connectivity index (χ0n) is 12.3. The van der Waals surface area contributed by atoms with Crippen LogP contribution in [0.3, 0.4) is 0 Å². The molecule has 0 aliphatic carbocycles. The van der Waals surface area contributed by atoms with Crippen LogP contribution < -0.4 is 0 Å². The fourth-order valence-electron chi connectivity index (χ4n) is 1.72. The second-order valence-corrected chi connectivity index (χ2v) is 12.1. The van der Waals surface area contributed by atoms with Crippen molar-refractivity contribution in [2.24, 2.45) is 0 Å². The van der Waals surface area contributed by atoms with Crippen LogP contribution in [-0.4, -0.2) is 12.7 Å². The van der Waals surface area contributed by atoms with Crippen LogP contribution in [0.15, 0.2) is 35.1 Å². The Morgan fingerprint density at radius 1 is 1.26 bits per heavy atom. The van der Waals surface area contributed by atoms with Gasteiger partial charge in [0, 0.05) is 17.3 Å². The van der Waals surface area contributed by atoms with Crippen LogP contribution in [0.4, 0.5) is 0 Å². The van der Waals surface area contributed by atoms with Gasteiger partial charge in [-0.25, -0.2) is 0 Å². The van der Waals surface area contributed by atoms with E-state index in [2.05, 4.69) is 78.6 Å². The van der Waals surface area contributed by atoms with Crippen LogP contribution in [0.2, 0.25) is 18.1 Å². The first-order valence-electron chi connectivity index (χ1n) is 6.61. The van der Waals surface area contributed by atoms with Crippen LogP contribution in [0, 0.1) is 0 Å². The van der Waals surface area contributed by atoms with Gasteiger partial charge in [-0.05, 0) is 52.3 Å². The fourth-order valence-corrected chi connectivity index (χ4v) is 3.22. The Morgan fingerprint density at radius 3 is 2.53 bits per heavy atom. The number of rotatable bonds is 3. The zero-order valence-corrected chi connectivity index (χ0v) is 14.9. The molecule has 0 aliphatic heterocycles. The minimum atomic E-state index is -1.69. The molecule has 2 aromatic heterocycles. The molecule has 0 spiro atoms. The topological polar surface area (TPSA) is 13.6 Å². The lowest BCUT2D eigenvalue weighted by Gasteiger charge is -2.36. The van der Waals surface area contributed by atoms with Gasteiger partial charge >= 0.3 is 0 Å². The summed E-state index contributed by atoms with van der Waals surface area (Å²) in [5, 5.41) is 0.249. The van der Waals surface area contributed by atoms with Crippen molar-refractivity contribution < 1.29 is 4.43 Å². The van der Waals surface area contributed by atoms with Crippen molar-refractivity contribution in [1.82, 2.24) is 4.40 Å². The highest BCUT2D eigenvalue weighted by Crippen LogP contribution is 2.37. The Bertz CT molecular complexity index is 583. The van der Waals surface area contributed by atoms with Gasteiger partial charge in [0.15, 0.2) is 8.32 Å². The lowest BCUT2D eigenvalue weighted by Crippen LogP contribution is -2.40. The number of aromatic nitrogens is 1. The van der Waals surface area contributed by atoms with E-state index in [-0.39, 0.29) is 5.04 Å². The smallest absolute Gasteiger partial charge is 0.192 e. The van der Waals surface area contributed by atoms with Crippen LogP contribution in [0.1, 0.15) is 26.3 Å². The molecule has 2 aromatic rings. The average molecular weight is 340 g/mol. The van der Waals surface area contributed by atoms with Crippen LogP contribution in [0.5, 0.6) is 0 Å². The molecule has 0 aromatic carbocycles. The number of fused-ring (bicyclic) bond motifs is 1. The van der Waals surface area contributed by atoms with Crippen LogP contribution in [-0.2, 0) is 11.0 Å². The largest absolute Gasteiger partial charge is 0.412 e. The molecule has 0 amide bonds. The normalized spacial score (nSPS) is 13.2. The monoisotopic (exact) mass is 339 g/mol. The standard InChI is InChI=1S/C15H22BrNOSi/c1-15(2,3)19(4,5)18-11-12-10-13-8-6-7-9-17(13)14(12)16/h6-10H,11H2,1-5H3. The molecule has 2 rings (SSSR count). The van der Waals surface area contributed by atoms with Crippen molar-refractivity contribution in [3.05, 3.63) is 40.6 Å². The molecular weight excluding hydrogens is 318 g/mol. The van der Waals surface area contributed by atoms with Gasteiger partial charge in [-0.2, -0.15) is 0 Å². The quantitative estimate of drug-likeness (QED) is 0.698. The number of halogens is 1. The van der Waals surface area contributed by atoms with E-state index in [0.717, 1.165) is 4.60 Å². The maximum atomic E-state index is 6.29. The predicted octanol–water partition coefficient (Wildman–Crippen LogP) is 5.22. The van der Waals surface area contributed by atoms with Gasteiger partial charge in [0.25, 0.3) is 0 Å². The third kappa shape index (κ3) is 2.96. The molecule has 0 saturated carbocycles. The van der Waals surface area contributed by atoms with Gasteiger partial charge in [-0.1, -0.05) is 26.8 Å². The minimum Gasteiger partial charge on any atom is -0.412 e. The van der Waals surface area contributed by atoms with Gasteiger partial charge in [0.05, 0.1) is 11.2 Å². The highest BCUT2D eigenvalue weighted by molar-refractivity contribution is 9.10. The van der Waals surface area contributed by atoms with E-state index in [1.807, 2.05) is 6.07 Å². The van der Waals surface area contributed by atoms with Crippen molar-refractivity contribution in [2.45, 2.75) is 45.5 Å². The molecule has 0 bridgehead atoms. The molecule has 104 valence electrons. The zero-order chi connectivity index (χ0) is 14.3. The number of nitrogens with zero attached hydrogens (tertiary/aromatic N) is 1. The Labute approximate surface area is 125 Å². The van der Waals surface area contributed by atoms with E-state index in [9.17, 15) is 0 Å². The van der Waals surface area contributed by atoms with Crippen molar-refractivity contribution in [3.63, 3.8) is 0 Å². The predicted molar refractivity (Wildman–Crippen MR) is 87.1 cm³/mol. The second-order valence-electron chi connectivity index (χ2n) is 6.50. The summed E-state index contributed by atoms with van der Waals surface area (Å²) in [7, 11) is -1.69. The van der Waals surface area contributed by atoms with Crippen LogP contribution in [0.25, 0.3) is 5.52 Å². The molecule has 19 heavy (non-hydrogen) atoms. The Morgan fingerprint density at radius 2 is 1.95 bits per heavy atom. The summed E-state index contributed by atoms with van der Waals surface area (Å²) in [4.78, 5) is 0. The van der Waals surface area contributed by atoms with Crippen LogP contribution >= 0.6 is 15.9 Å². The number of hydrogen-bond acceptors (Lipinski definition) is 1. The van der Waals surface area contributed by atoms with Gasteiger partial charge in [-0.3, -0.25) is 0 Å². The fraction of sp³-hybridized carbons (Fsp3) is 0.467. The van der Waals surface area contributed by atoms with Gasteiger partial charge < -0.3 is 8.83 Å². The van der Waals surface area contributed by atoms with Gasteiger partial charge in [0.1, 0.15) is 0 Å². The first-order chi connectivity index (χ1) is 8.72. The summed E-state index contributed by atoms with van der Waals surface area (Å²) in [5.74, 6) is 0. The maximum Gasteiger partial charge on any atom is 0.192 e. The Hall–Kier alpha value is -0.583. The molecule has 4 heteroatoms. The van der Waals surface area contributed by atoms with Crippen molar-refractivity contribution in [3.8, 4) is 0 Å². The summed E-state index contributed by atoms with van der Waals surface area (Å²) in [6, 6.07) is 8.40. The third-order valence-corrected chi connectivity index (χ3v) is 9.45. The lowest BCUT2D eigenvalue weighted by molar-refractivity contribution is 0.276. The first kappa shape index (κ1) is 14.8. The summed E-state index contributed by atoms with van der Waals surface area (Å²) in [6.07, 6.45) is 2.06. The van der Waals surface area contributed by atoms with E-state index >= 15 is 0 Å². The van der Waals surface area contributed by atoms with Crippen molar-refractivity contribution in [1.29, 1.82) is 0 Å².